The predicted molar refractivity (Wildman–Crippen MR) is 90.4 cm³/mol. The van der Waals surface area contributed by atoms with E-state index in [9.17, 15) is 4.79 Å². The maximum absolute atomic E-state index is 11.9. The Labute approximate surface area is 139 Å². The average molecular weight is 332 g/mol. The highest BCUT2D eigenvalue weighted by molar-refractivity contribution is 7.99. The summed E-state index contributed by atoms with van der Waals surface area (Å²) in [6.07, 6.45) is 4.75. The topological polar surface area (TPSA) is 64.4 Å². The molecule has 1 aromatic carbocycles. The molecule has 0 radical (unpaired) electrons. The van der Waals surface area contributed by atoms with Crippen LogP contribution < -0.4 is 10.1 Å². The van der Waals surface area contributed by atoms with E-state index in [1.807, 2.05) is 24.3 Å². The zero-order chi connectivity index (χ0) is 16.1. The van der Waals surface area contributed by atoms with Crippen molar-refractivity contribution in [3.63, 3.8) is 0 Å². The summed E-state index contributed by atoms with van der Waals surface area (Å²) in [6, 6.07) is 7.59. The Balaban J connectivity index is 1.61. The zero-order valence-electron chi connectivity index (χ0n) is 13.1. The molecule has 0 bridgehead atoms. The van der Waals surface area contributed by atoms with Gasteiger partial charge in [0, 0.05) is 17.9 Å². The number of aromatic nitrogens is 1. The van der Waals surface area contributed by atoms with Crippen molar-refractivity contribution in [2.24, 2.45) is 0 Å². The Morgan fingerprint density at radius 2 is 2.17 bits per heavy atom. The number of nitrogens with one attached hydrogen (secondary N) is 1. The smallest absolute Gasteiger partial charge is 0.233 e. The first-order chi connectivity index (χ1) is 11.3. The lowest BCUT2D eigenvalue weighted by molar-refractivity contribution is -0.120. The van der Waals surface area contributed by atoms with E-state index in [1.165, 1.54) is 0 Å². The fraction of sp³-hybridized carbons (Fsp3) is 0.412. The van der Waals surface area contributed by atoms with E-state index >= 15 is 0 Å². The molecule has 1 atom stereocenters. The number of hydrogen-bond donors (Lipinski definition) is 1. The third kappa shape index (κ3) is 4.07. The number of amides is 1. The van der Waals surface area contributed by atoms with Gasteiger partial charge < -0.3 is 14.5 Å². The molecule has 1 N–H and O–H groups in total. The first-order valence-corrected chi connectivity index (χ1v) is 8.79. The molecular weight excluding hydrogens is 312 g/mol. The number of carbonyl (C=O) groups is 1. The van der Waals surface area contributed by atoms with Crippen molar-refractivity contribution in [3.8, 4) is 17.2 Å². The first kappa shape index (κ1) is 15.9. The third-order valence-electron chi connectivity index (χ3n) is 3.81. The number of carbonyl (C=O) groups excluding carboxylic acids is 1. The summed E-state index contributed by atoms with van der Waals surface area (Å²) < 4.78 is 10.7. The molecule has 1 amide bonds. The second-order valence-corrected chi connectivity index (χ2v) is 6.65. The maximum atomic E-state index is 11.9. The second-order valence-electron chi connectivity index (χ2n) is 5.46. The second kappa shape index (κ2) is 7.55. The van der Waals surface area contributed by atoms with Crippen LogP contribution in [0.1, 0.15) is 25.0 Å². The van der Waals surface area contributed by atoms with Crippen molar-refractivity contribution in [2.45, 2.75) is 30.3 Å². The van der Waals surface area contributed by atoms with Crippen LogP contribution in [0.25, 0.3) is 11.5 Å². The third-order valence-corrected chi connectivity index (χ3v) is 5.12. The number of nitrogens with zero attached hydrogens (tertiary/aromatic N) is 1. The summed E-state index contributed by atoms with van der Waals surface area (Å²) in [6.45, 7) is 0.793. The number of thioether (sulfide) groups is 1. The van der Waals surface area contributed by atoms with Gasteiger partial charge in [-0.05, 0) is 37.1 Å². The van der Waals surface area contributed by atoms with Gasteiger partial charge in [0.1, 0.15) is 12.0 Å². The van der Waals surface area contributed by atoms with Gasteiger partial charge in [-0.25, -0.2) is 4.98 Å². The monoisotopic (exact) mass is 332 g/mol. The highest BCUT2D eigenvalue weighted by Crippen LogP contribution is 2.26. The van der Waals surface area contributed by atoms with Gasteiger partial charge in [0.25, 0.3) is 0 Å². The Bertz CT molecular complexity index is 654. The SMILES string of the molecule is COc1ccc(-c2nc(CSC3CCCCNC3=O)co2)cc1. The maximum Gasteiger partial charge on any atom is 0.233 e. The Hall–Kier alpha value is -1.95. The summed E-state index contributed by atoms with van der Waals surface area (Å²) in [5.74, 6) is 2.22. The summed E-state index contributed by atoms with van der Waals surface area (Å²) >= 11 is 1.63. The van der Waals surface area contributed by atoms with Crippen molar-refractivity contribution in [3.05, 3.63) is 36.2 Å². The molecule has 122 valence electrons. The normalized spacial score (nSPS) is 18.3. The number of hydrogen-bond acceptors (Lipinski definition) is 5. The van der Waals surface area contributed by atoms with E-state index in [2.05, 4.69) is 10.3 Å². The molecule has 1 fully saturated rings. The highest BCUT2D eigenvalue weighted by Gasteiger charge is 2.21. The standard InChI is InChI=1S/C17H20N2O3S/c1-21-14-7-5-12(6-8-14)17-19-13(10-22-17)11-23-15-4-2-3-9-18-16(15)20/h5-8,10,15H,2-4,9,11H2,1H3,(H,18,20). The van der Waals surface area contributed by atoms with E-state index in [1.54, 1.807) is 25.1 Å². The lowest BCUT2D eigenvalue weighted by atomic mass is 10.2. The van der Waals surface area contributed by atoms with Crippen molar-refractivity contribution < 1.29 is 13.9 Å². The summed E-state index contributed by atoms with van der Waals surface area (Å²) in [7, 11) is 1.64. The number of rotatable bonds is 5. The molecule has 0 aliphatic carbocycles. The molecule has 1 aliphatic heterocycles. The van der Waals surface area contributed by atoms with E-state index in [-0.39, 0.29) is 11.2 Å². The van der Waals surface area contributed by atoms with Crippen LogP contribution >= 0.6 is 11.8 Å². The molecule has 1 saturated heterocycles. The van der Waals surface area contributed by atoms with Crippen LogP contribution in [0, 0.1) is 0 Å². The fourth-order valence-electron chi connectivity index (χ4n) is 2.50. The van der Waals surface area contributed by atoms with Crippen molar-refractivity contribution in [1.82, 2.24) is 10.3 Å². The van der Waals surface area contributed by atoms with Crippen LogP contribution in [0.3, 0.4) is 0 Å². The van der Waals surface area contributed by atoms with Gasteiger partial charge in [-0.15, -0.1) is 11.8 Å². The van der Waals surface area contributed by atoms with Gasteiger partial charge in [-0.1, -0.05) is 6.42 Å². The molecule has 6 heteroatoms. The molecule has 2 heterocycles. The highest BCUT2D eigenvalue weighted by atomic mass is 32.2. The van der Waals surface area contributed by atoms with Gasteiger partial charge in [-0.3, -0.25) is 4.79 Å². The summed E-state index contributed by atoms with van der Waals surface area (Å²) in [5, 5.41) is 2.97. The quantitative estimate of drug-likeness (QED) is 0.910. The van der Waals surface area contributed by atoms with Crippen LogP contribution in [0.5, 0.6) is 5.75 Å². The number of ether oxygens (including phenoxy) is 1. The molecule has 1 aliphatic rings. The Morgan fingerprint density at radius 3 is 2.96 bits per heavy atom. The largest absolute Gasteiger partial charge is 0.497 e. The number of oxazole rings is 1. The Morgan fingerprint density at radius 1 is 1.35 bits per heavy atom. The van der Waals surface area contributed by atoms with Crippen LogP contribution in [0.2, 0.25) is 0 Å². The molecule has 2 aromatic rings. The molecule has 23 heavy (non-hydrogen) atoms. The summed E-state index contributed by atoms with van der Waals surface area (Å²) in [4.78, 5) is 16.4. The first-order valence-electron chi connectivity index (χ1n) is 7.74. The summed E-state index contributed by atoms with van der Waals surface area (Å²) in [5.41, 5.74) is 1.77. The molecule has 5 nitrogen and oxygen atoms in total. The molecule has 1 unspecified atom stereocenters. The fourth-order valence-corrected chi connectivity index (χ4v) is 3.57. The molecule has 0 spiro atoms. The van der Waals surface area contributed by atoms with Crippen molar-refractivity contribution in [2.75, 3.05) is 13.7 Å². The molecule has 0 saturated carbocycles. The lowest BCUT2D eigenvalue weighted by Gasteiger charge is -2.11. The van der Waals surface area contributed by atoms with E-state index < -0.39 is 0 Å². The van der Waals surface area contributed by atoms with Crippen LogP contribution in [-0.2, 0) is 10.5 Å². The van der Waals surface area contributed by atoms with Gasteiger partial charge >= 0.3 is 0 Å². The molecule has 1 aromatic heterocycles. The zero-order valence-corrected chi connectivity index (χ0v) is 13.9. The predicted octanol–water partition coefficient (Wildman–Crippen LogP) is 3.25. The average Bonchev–Trinajstić information content (AvgIpc) is 2.96. The number of methoxy groups -OCH3 is 1. The van der Waals surface area contributed by atoms with Crippen LogP contribution in [0.4, 0.5) is 0 Å². The van der Waals surface area contributed by atoms with Crippen LogP contribution in [-0.4, -0.2) is 29.8 Å². The number of benzene rings is 1. The Kier molecular flexibility index (Phi) is 5.23. The minimum absolute atomic E-state index is 0.0126. The van der Waals surface area contributed by atoms with Crippen molar-refractivity contribution >= 4 is 17.7 Å². The lowest BCUT2D eigenvalue weighted by Crippen LogP contribution is -2.30. The van der Waals surface area contributed by atoms with E-state index in [0.717, 1.165) is 42.8 Å². The minimum atomic E-state index is 0.0126. The minimum Gasteiger partial charge on any atom is -0.497 e. The van der Waals surface area contributed by atoms with Gasteiger partial charge in [0.2, 0.25) is 11.8 Å². The van der Waals surface area contributed by atoms with Gasteiger partial charge in [-0.2, -0.15) is 0 Å². The van der Waals surface area contributed by atoms with E-state index in [0.29, 0.717) is 11.6 Å². The molecular formula is C17H20N2O3S. The van der Waals surface area contributed by atoms with Crippen LogP contribution in [0.15, 0.2) is 34.9 Å². The van der Waals surface area contributed by atoms with Gasteiger partial charge in [0.05, 0.1) is 18.1 Å². The van der Waals surface area contributed by atoms with Crippen molar-refractivity contribution in [1.29, 1.82) is 0 Å². The van der Waals surface area contributed by atoms with E-state index in [4.69, 9.17) is 9.15 Å². The molecule has 3 rings (SSSR count). The van der Waals surface area contributed by atoms with Gasteiger partial charge in [0.15, 0.2) is 0 Å².